The van der Waals surface area contributed by atoms with Crippen molar-refractivity contribution in [2.45, 2.75) is 89.9 Å². The third-order valence-electron chi connectivity index (χ3n) is 7.27. The molecule has 0 bridgehead atoms. The molecule has 2 atom stereocenters. The van der Waals surface area contributed by atoms with Gasteiger partial charge in [0.15, 0.2) is 5.82 Å². The number of anilines is 1. The van der Waals surface area contributed by atoms with Gasteiger partial charge in [-0.2, -0.15) is 10.4 Å². The maximum Gasteiger partial charge on any atom is 0.410 e. The van der Waals surface area contributed by atoms with Crippen LogP contribution in [0.5, 0.6) is 5.75 Å². The quantitative estimate of drug-likeness (QED) is 0.476. The van der Waals surface area contributed by atoms with Gasteiger partial charge in [0.05, 0.1) is 22.4 Å². The molecule has 1 N–H and O–H groups in total. The van der Waals surface area contributed by atoms with Crippen molar-refractivity contribution in [1.29, 1.82) is 5.26 Å². The maximum atomic E-state index is 12.9. The molecule has 0 spiro atoms. The van der Waals surface area contributed by atoms with Crippen LogP contribution >= 0.6 is 11.6 Å². The molecule has 208 valence electrons. The Labute approximate surface area is 234 Å². The van der Waals surface area contributed by atoms with E-state index in [4.69, 9.17) is 26.3 Å². The van der Waals surface area contributed by atoms with Crippen LogP contribution in [-0.2, 0) is 9.53 Å². The molecule has 1 aliphatic heterocycles. The third kappa shape index (κ3) is 7.60. The molecule has 1 aromatic carbocycles. The molecular formula is C29H36ClN5O4. The number of carbonyl (C=O) groups is 2. The number of likely N-dealkylation sites (tertiary alicyclic amines) is 1. The summed E-state index contributed by atoms with van der Waals surface area (Å²) < 4.78 is 11.6. The van der Waals surface area contributed by atoms with Crippen LogP contribution in [0.25, 0.3) is 0 Å². The van der Waals surface area contributed by atoms with Gasteiger partial charge in [-0.25, -0.2) is 4.79 Å². The van der Waals surface area contributed by atoms with Crippen molar-refractivity contribution in [2.24, 2.45) is 5.92 Å². The number of benzene rings is 1. The normalized spacial score (nSPS) is 23.4. The fraction of sp³-hybridized carbons (Fsp3) is 0.552. The summed E-state index contributed by atoms with van der Waals surface area (Å²) in [4.78, 5) is 27.1. The zero-order valence-corrected chi connectivity index (χ0v) is 23.7. The Morgan fingerprint density at radius 1 is 1.10 bits per heavy atom. The van der Waals surface area contributed by atoms with Crippen LogP contribution < -0.4 is 10.1 Å². The number of piperidine rings is 1. The number of carbonyl (C=O) groups excluding carboxylic acids is 2. The summed E-state index contributed by atoms with van der Waals surface area (Å²) in [5.41, 5.74) is 0.760. The Morgan fingerprint density at radius 2 is 1.85 bits per heavy atom. The lowest BCUT2D eigenvalue weighted by molar-refractivity contribution is -0.121. The van der Waals surface area contributed by atoms with Crippen molar-refractivity contribution in [3.8, 4) is 11.8 Å². The second-order valence-corrected chi connectivity index (χ2v) is 11.8. The van der Waals surface area contributed by atoms with Crippen LogP contribution in [0.4, 0.5) is 10.6 Å². The monoisotopic (exact) mass is 553 g/mol. The molecule has 0 radical (unpaired) electrons. The van der Waals surface area contributed by atoms with Gasteiger partial charge in [0.2, 0.25) is 5.91 Å². The minimum absolute atomic E-state index is 0.00116. The highest BCUT2D eigenvalue weighted by molar-refractivity contribution is 6.31. The first-order valence-corrected chi connectivity index (χ1v) is 13.9. The van der Waals surface area contributed by atoms with Crippen LogP contribution in [0.15, 0.2) is 30.3 Å². The molecule has 1 saturated heterocycles. The molecule has 1 aromatic heterocycles. The highest BCUT2D eigenvalue weighted by Gasteiger charge is 2.33. The summed E-state index contributed by atoms with van der Waals surface area (Å²) in [7, 11) is 0. The first kappa shape index (κ1) is 28.6. The largest absolute Gasteiger partial charge is 0.490 e. The predicted octanol–water partition coefficient (Wildman–Crippen LogP) is 6.08. The molecule has 2 amide bonds. The van der Waals surface area contributed by atoms with Gasteiger partial charge in [0.1, 0.15) is 17.4 Å². The van der Waals surface area contributed by atoms with E-state index in [2.05, 4.69) is 15.5 Å². The van der Waals surface area contributed by atoms with E-state index >= 15 is 0 Å². The van der Waals surface area contributed by atoms with Gasteiger partial charge in [-0.1, -0.05) is 11.6 Å². The lowest BCUT2D eigenvalue weighted by Crippen LogP contribution is -2.46. The van der Waals surface area contributed by atoms with E-state index in [-0.39, 0.29) is 36.0 Å². The second kappa shape index (κ2) is 12.2. The number of hydrogen-bond acceptors (Lipinski definition) is 7. The minimum Gasteiger partial charge on any atom is -0.490 e. The Bertz CT molecular complexity index is 1220. The standard InChI is InChI=1S/C29H36ClN5O4/c1-18-15-20(13-14-35(18)28(37)39-29(2,3)4)25-11-12-26(34-33-25)32-27(36)19-5-8-22(9-6-19)38-23-10-7-21(17-31)24(30)16-23/h7,10-12,16,18-20,22H,5-6,8-9,13-15H2,1-4H3,(H,32,34,36). The molecule has 4 rings (SSSR count). The van der Waals surface area contributed by atoms with E-state index in [1.165, 1.54) is 0 Å². The summed E-state index contributed by atoms with van der Waals surface area (Å²) in [5, 5.41) is 21.0. The number of nitrogens with zero attached hydrogens (tertiary/aromatic N) is 4. The Kier molecular flexibility index (Phi) is 8.96. The Morgan fingerprint density at radius 3 is 2.44 bits per heavy atom. The van der Waals surface area contributed by atoms with Crippen molar-refractivity contribution in [3.05, 3.63) is 46.6 Å². The first-order valence-electron chi connectivity index (χ1n) is 13.5. The average Bonchev–Trinajstić information content (AvgIpc) is 2.88. The molecule has 10 heteroatoms. The molecular weight excluding hydrogens is 518 g/mol. The predicted molar refractivity (Wildman–Crippen MR) is 148 cm³/mol. The van der Waals surface area contributed by atoms with E-state index in [1.54, 1.807) is 29.2 Å². The van der Waals surface area contributed by atoms with E-state index < -0.39 is 5.60 Å². The molecule has 39 heavy (non-hydrogen) atoms. The number of hydrogen-bond donors (Lipinski definition) is 1. The lowest BCUT2D eigenvalue weighted by Gasteiger charge is -2.38. The zero-order chi connectivity index (χ0) is 28.2. The van der Waals surface area contributed by atoms with Gasteiger partial charge < -0.3 is 19.7 Å². The molecule has 2 fully saturated rings. The number of nitriles is 1. The van der Waals surface area contributed by atoms with Gasteiger partial charge in [0.25, 0.3) is 0 Å². The number of amides is 2. The summed E-state index contributed by atoms with van der Waals surface area (Å²) in [6, 6.07) is 10.8. The zero-order valence-electron chi connectivity index (χ0n) is 22.9. The summed E-state index contributed by atoms with van der Waals surface area (Å²) in [6.45, 7) is 8.23. The van der Waals surface area contributed by atoms with Crippen molar-refractivity contribution >= 4 is 29.4 Å². The first-order chi connectivity index (χ1) is 18.5. The minimum atomic E-state index is -0.520. The SMILES string of the molecule is CC1CC(c2ccc(NC(=O)C3CCC(Oc4ccc(C#N)c(Cl)c4)CC3)nn2)CCN1C(=O)OC(C)(C)C. The molecule has 2 unspecified atom stereocenters. The van der Waals surface area contributed by atoms with Crippen LogP contribution in [0.1, 0.15) is 83.4 Å². The van der Waals surface area contributed by atoms with Crippen molar-refractivity contribution in [1.82, 2.24) is 15.1 Å². The van der Waals surface area contributed by atoms with Crippen LogP contribution in [0, 0.1) is 17.2 Å². The number of ether oxygens (including phenoxy) is 2. The molecule has 2 aliphatic rings. The fourth-order valence-electron chi connectivity index (χ4n) is 5.18. The van der Waals surface area contributed by atoms with E-state index in [1.807, 2.05) is 39.8 Å². The van der Waals surface area contributed by atoms with E-state index in [0.717, 1.165) is 31.4 Å². The number of halogens is 1. The number of aromatic nitrogens is 2. The fourth-order valence-corrected chi connectivity index (χ4v) is 5.40. The average molecular weight is 554 g/mol. The van der Waals surface area contributed by atoms with Crippen molar-refractivity contribution in [3.63, 3.8) is 0 Å². The van der Waals surface area contributed by atoms with E-state index in [9.17, 15) is 9.59 Å². The van der Waals surface area contributed by atoms with Crippen molar-refractivity contribution in [2.75, 3.05) is 11.9 Å². The highest BCUT2D eigenvalue weighted by atomic mass is 35.5. The second-order valence-electron chi connectivity index (χ2n) is 11.4. The smallest absolute Gasteiger partial charge is 0.410 e. The summed E-state index contributed by atoms with van der Waals surface area (Å²) in [6.07, 6.45) is 4.20. The third-order valence-corrected chi connectivity index (χ3v) is 7.58. The Balaban J connectivity index is 1.24. The summed E-state index contributed by atoms with van der Waals surface area (Å²) >= 11 is 6.10. The highest BCUT2D eigenvalue weighted by Crippen LogP contribution is 2.32. The van der Waals surface area contributed by atoms with Gasteiger partial charge in [0, 0.05) is 30.5 Å². The van der Waals surface area contributed by atoms with Gasteiger partial charge >= 0.3 is 6.09 Å². The number of rotatable bonds is 5. The van der Waals surface area contributed by atoms with Crippen molar-refractivity contribution < 1.29 is 19.1 Å². The van der Waals surface area contributed by atoms with E-state index in [0.29, 0.717) is 41.5 Å². The molecule has 2 heterocycles. The topological polar surface area (TPSA) is 117 Å². The molecule has 1 saturated carbocycles. The van der Waals surface area contributed by atoms with Crippen LogP contribution in [0.2, 0.25) is 5.02 Å². The summed E-state index contributed by atoms with van der Waals surface area (Å²) in [5.74, 6) is 1.09. The molecule has 2 aromatic rings. The van der Waals surface area contributed by atoms with Gasteiger partial charge in [-0.3, -0.25) is 4.79 Å². The Hall–Kier alpha value is -3.38. The number of nitrogens with one attached hydrogen (secondary N) is 1. The maximum absolute atomic E-state index is 12.9. The molecule has 1 aliphatic carbocycles. The van der Waals surface area contributed by atoms with Gasteiger partial charge in [-0.15, -0.1) is 5.10 Å². The molecule has 9 nitrogen and oxygen atoms in total. The lowest BCUT2D eigenvalue weighted by atomic mass is 9.86. The van der Waals surface area contributed by atoms with Crippen LogP contribution in [0.3, 0.4) is 0 Å². The van der Waals surface area contributed by atoms with Gasteiger partial charge in [-0.05, 0) is 90.5 Å². The van der Waals surface area contributed by atoms with Crippen LogP contribution in [-0.4, -0.2) is 51.4 Å².